The third kappa shape index (κ3) is 2.49. The first-order valence-electron chi connectivity index (χ1n) is 6.59. The summed E-state index contributed by atoms with van der Waals surface area (Å²) >= 11 is 0. The van der Waals surface area contributed by atoms with Crippen LogP contribution in [0.4, 0.5) is 5.82 Å². The molecule has 1 aromatic heterocycles. The molecule has 1 aliphatic rings. The number of hydrogen-bond donors (Lipinski definition) is 1. The number of aryl methyl sites for hydroxylation is 1. The van der Waals surface area contributed by atoms with Crippen LogP contribution in [0.25, 0.3) is 0 Å². The molecule has 1 heterocycles. The van der Waals surface area contributed by atoms with Crippen LogP contribution in [0, 0.1) is 6.92 Å². The molecule has 0 radical (unpaired) electrons. The van der Waals surface area contributed by atoms with Crippen LogP contribution >= 0.6 is 0 Å². The number of benzene rings is 1. The molecule has 6 heteroatoms. The molecule has 1 aliphatic carbocycles. The van der Waals surface area contributed by atoms with Gasteiger partial charge >= 0.3 is 0 Å². The SMILES string of the molecule is Cc1cccc(CN(C(=O)c2nonc2N)C2CC2)c1. The van der Waals surface area contributed by atoms with Crippen LogP contribution in [0.3, 0.4) is 0 Å². The van der Waals surface area contributed by atoms with E-state index < -0.39 is 0 Å². The number of nitrogen functional groups attached to an aromatic ring is 1. The molecule has 0 atom stereocenters. The van der Waals surface area contributed by atoms with Crippen molar-refractivity contribution < 1.29 is 9.42 Å². The Hall–Kier alpha value is -2.37. The Morgan fingerprint density at radius 1 is 1.45 bits per heavy atom. The zero-order valence-corrected chi connectivity index (χ0v) is 11.2. The van der Waals surface area contributed by atoms with Gasteiger partial charge in [0.1, 0.15) is 0 Å². The van der Waals surface area contributed by atoms with Crippen molar-refractivity contribution in [1.82, 2.24) is 15.2 Å². The smallest absolute Gasteiger partial charge is 0.280 e. The van der Waals surface area contributed by atoms with E-state index in [0.29, 0.717) is 6.54 Å². The van der Waals surface area contributed by atoms with Gasteiger partial charge < -0.3 is 10.6 Å². The molecule has 2 aromatic rings. The second-order valence-electron chi connectivity index (χ2n) is 5.15. The highest BCUT2D eigenvalue weighted by molar-refractivity contribution is 5.96. The van der Waals surface area contributed by atoms with Gasteiger partial charge in [-0.3, -0.25) is 4.79 Å². The van der Waals surface area contributed by atoms with Crippen molar-refractivity contribution in [3.63, 3.8) is 0 Å². The Bertz CT molecular complexity index is 634. The Morgan fingerprint density at radius 2 is 2.25 bits per heavy atom. The molecule has 6 nitrogen and oxygen atoms in total. The second kappa shape index (κ2) is 4.96. The molecular formula is C14H16N4O2. The van der Waals surface area contributed by atoms with E-state index in [9.17, 15) is 4.79 Å². The van der Waals surface area contributed by atoms with Crippen molar-refractivity contribution in [3.05, 3.63) is 41.1 Å². The molecule has 0 saturated heterocycles. The number of amides is 1. The van der Waals surface area contributed by atoms with E-state index in [1.165, 1.54) is 5.56 Å². The van der Waals surface area contributed by atoms with Gasteiger partial charge in [-0.1, -0.05) is 29.8 Å². The van der Waals surface area contributed by atoms with E-state index in [1.807, 2.05) is 25.1 Å². The second-order valence-corrected chi connectivity index (χ2v) is 5.15. The van der Waals surface area contributed by atoms with Crippen LogP contribution in [0.15, 0.2) is 28.9 Å². The van der Waals surface area contributed by atoms with Gasteiger partial charge in [0.15, 0.2) is 0 Å². The third-order valence-electron chi connectivity index (χ3n) is 3.40. The summed E-state index contributed by atoms with van der Waals surface area (Å²) in [5.74, 6) is -0.169. The van der Waals surface area contributed by atoms with Gasteiger partial charge in [0.2, 0.25) is 11.5 Å². The number of hydrogen-bond acceptors (Lipinski definition) is 5. The summed E-state index contributed by atoms with van der Waals surface area (Å²) in [5.41, 5.74) is 7.98. The molecule has 0 spiro atoms. The van der Waals surface area contributed by atoms with E-state index in [4.69, 9.17) is 5.73 Å². The molecule has 0 bridgehead atoms. The first-order chi connectivity index (χ1) is 9.65. The molecule has 0 aliphatic heterocycles. The maximum Gasteiger partial charge on any atom is 0.280 e. The normalized spacial score (nSPS) is 14.2. The van der Waals surface area contributed by atoms with Crippen LogP contribution in [0.5, 0.6) is 0 Å². The number of rotatable bonds is 4. The quantitative estimate of drug-likeness (QED) is 0.916. The largest absolute Gasteiger partial charge is 0.379 e. The summed E-state index contributed by atoms with van der Waals surface area (Å²) in [7, 11) is 0. The Balaban J connectivity index is 1.83. The number of aromatic nitrogens is 2. The predicted molar refractivity (Wildman–Crippen MR) is 72.8 cm³/mol. The minimum absolute atomic E-state index is 0.0462. The molecule has 1 aromatic carbocycles. The topological polar surface area (TPSA) is 85.2 Å². The molecule has 1 amide bonds. The lowest BCUT2D eigenvalue weighted by atomic mass is 10.1. The van der Waals surface area contributed by atoms with Gasteiger partial charge in [-0.15, -0.1) is 0 Å². The monoisotopic (exact) mass is 272 g/mol. The molecule has 104 valence electrons. The minimum Gasteiger partial charge on any atom is -0.379 e. The zero-order valence-electron chi connectivity index (χ0n) is 11.2. The highest BCUT2D eigenvalue weighted by Crippen LogP contribution is 2.30. The number of carbonyl (C=O) groups is 1. The van der Waals surface area contributed by atoms with Gasteiger partial charge in [-0.25, -0.2) is 4.63 Å². The fourth-order valence-corrected chi connectivity index (χ4v) is 2.24. The highest BCUT2D eigenvalue weighted by Gasteiger charge is 2.35. The van der Waals surface area contributed by atoms with Crippen molar-refractivity contribution in [3.8, 4) is 0 Å². The predicted octanol–water partition coefficient (Wildman–Crippen LogP) is 1.77. The number of nitrogens with two attached hydrogens (primary N) is 1. The lowest BCUT2D eigenvalue weighted by molar-refractivity contribution is 0.0719. The van der Waals surface area contributed by atoms with Crippen molar-refractivity contribution in [1.29, 1.82) is 0 Å². The lowest BCUT2D eigenvalue weighted by Gasteiger charge is -2.21. The van der Waals surface area contributed by atoms with E-state index in [1.54, 1.807) is 4.90 Å². The maximum absolute atomic E-state index is 12.5. The van der Waals surface area contributed by atoms with Crippen LogP contribution in [-0.4, -0.2) is 27.2 Å². The highest BCUT2D eigenvalue weighted by atomic mass is 16.6. The molecule has 1 saturated carbocycles. The first kappa shape index (κ1) is 12.7. The van der Waals surface area contributed by atoms with Crippen molar-refractivity contribution >= 4 is 11.7 Å². The Labute approximate surface area is 116 Å². The fourth-order valence-electron chi connectivity index (χ4n) is 2.24. The van der Waals surface area contributed by atoms with E-state index in [2.05, 4.69) is 21.0 Å². The molecular weight excluding hydrogens is 256 g/mol. The van der Waals surface area contributed by atoms with Gasteiger partial charge in [-0.05, 0) is 35.6 Å². The Kier molecular flexibility index (Phi) is 3.14. The first-order valence-corrected chi connectivity index (χ1v) is 6.59. The lowest BCUT2D eigenvalue weighted by Crippen LogP contribution is -2.33. The third-order valence-corrected chi connectivity index (χ3v) is 3.40. The minimum atomic E-state index is -0.215. The summed E-state index contributed by atoms with van der Waals surface area (Å²) in [6.45, 7) is 2.59. The molecule has 1 fully saturated rings. The van der Waals surface area contributed by atoms with Crippen LogP contribution in [-0.2, 0) is 6.54 Å². The summed E-state index contributed by atoms with van der Waals surface area (Å²) in [6, 6.07) is 8.38. The van der Waals surface area contributed by atoms with Crippen LogP contribution in [0.2, 0.25) is 0 Å². The average molecular weight is 272 g/mol. The molecule has 20 heavy (non-hydrogen) atoms. The molecule has 2 N–H and O–H groups in total. The van der Waals surface area contributed by atoms with Crippen molar-refractivity contribution in [2.24, 2.45) is 0 Å². The standard InChI is InChI=1S/C14H16N4O2/c1-9-3-2-4-10(7-9)8-18(11-5-6-11)14(19)12-13(15)17-20-16-12/h2-4,7,11H,5-6,8H2,1H3,(H2,15,17). The van der Waals surface area contributed by atoms with Crippen LogP contribution in [0.1, 0.15) is 34.5 Å². The van der Waals surface area contributed by atoms with Crippen molar-refractivity contribution in [2.45, 2.75) is 32.4 Å². The summed E-state index contributed by atoms with van der Waals surface area (Å²) in [6.07, 6.45) is 2.03. The maximum atomic E-state index is 12.5. The number of anilines is 1. The summed E-state index contributed by atoms with van der Waals surface area (Å²) in [4.78, 5) is 14.3. The van der Waals surface area contributed by atoms with Gasteiger partial charge in [-0.2, -0.15) is 0 Å². The molecule has 3 rings (SSSR count). The Morgan fingerprint density at radius 3 is 2.85 bits per heavy atom. The fraction of sp³-hybridized carbons (Fsp3) is 0.357. The number of carbonyl (C=O) groups excluding carboxylic acids is 1. The van der Waals surface area contributed by atoms with Gasteiger partial charge in [0.05, 0.1) is 0 Å². The van der Waals surface area contributed by atoms with Crippen molar-refractivity contribution in [2.75, 3.05) is 5.73 Å². The van der Waals surface area contributed by atoms with E-state index in [0.717, 1.165) is 18.4 Å². The van der Waals surface area contributed by atoms with Gasteiger partial charge in [0.25, 0.3) is 5.91 Å². The van der Waals surface area contributed by atoms with E-state index >= 15 is 0 Å². The number of nitrogens with zero attached hydrogens (tertiary/aromatic N) is 3. The van der Waals surface area contributed by atoms with Crippen LogP contribution < -0.4 is 5.73 Å². The average Bonchev–Trinajstić information content (AvgIpc) is 3.17. The van der Waals surface area contributed by atoms with E-state index in [-0.39, 0.29) is 23.5 Å². The summed E-state index contributed by atoms with van der Waals surface area (Å²) < 4.78 is 4.51. The van der Waals surface area contributed by atoms with Gasteiger partial charge in [0, 0.05) is 12.6 Å². The summed E-state index contributed by atoms with van der Waals surface area (Å²) in [5, 5.41) is 7.07. The zero-order chi connectivity index (χ0) is 14.1. The molecule has 0 unspecified atom stereocenters.